The average Bonchev–Trinajstić information content (AvgIpc) is 2.17. The minimum Gasteiger partial charge on any atom is -0.396 e. The second-order valence-electron chi connectivity index (χ2n) is 2.85. The predicted octanol–water partition coefficient (Wildman–Crippen LogP) is 1.19. The molecule has 0 heterocycles. The summed E-state index contributed by atoms with van der Waals surface area (Å²) in [6.07, 6.45) is 4.63. The van der Waals surface area contributed by atoms with Gasteiger partial charge in [0, 0.05) is 13.2 Å². The van der Waals surface area contributed by atoms with Crippen LogP contribution in [0.5, 0.6) is 0 Å². The second kappa shape index (κ2) is 5.51. The van der Waals surface area contributed by atoms with E-state index in [9.17, 15) is 0 Å². The number of aliphatic hydroxyl groups excluding tert-OH is 1. The van der Waals surface area contributed by atoms with E-state index in [1.165, 1.54) is 0 Å². The predicted molar refractivity (Wildman–Crippen MR) is 55.3 cm³/mol. The second-order valence-corrected chi connectivity index (χ2v) is 2.85. The molecule has 0 aromatic heterocycles. The van der Waals surface area contributed by atoms with E-state index in [-0.39, 0.29) is 6.61 Å². The average molecular weight is 177 g/mol. The lowest BCUT2D eigenvalue weighted by molar-refractivity contribution is 0.299. The SMILES string of the molecule is NC/C=C/c1ccc(CCO)cc1. The van der Waals surface area contributed by atoms with E-state index in [1.807, 2.05) is 36.4 Å². The molecular weight excluding hydrogens is 162 g/mol. The summed E-state index contributed by atoms with van der Waals surface area (Å²) >= 11 is 0. The summed E-state index contributed by atoms with van der Waals surface area (Å²) in [5.41, 5.74) is 7.64. The first-order chi connectivity index (χ1) is 6.36. The molecule has 13 heavy (non-hydrogen) atoms. The molecule has 0 bridgehead atoms. The van der Waals surface area contributed by atoms with Gasteiger partial charge in [-0.05, 0) is 17.5 Å². The molecule has 3 N–H and O–H groups in total. The number of rotatable bonds is 4. The van der Waals surface area contributed by atoms with Gasteiger partial charge < -0.3 is 10.8 Å². The van der Waals surface area contributed by atoms with Gasteiger partial charge >= 0.3 is 0 Å². The van der Waals surface area contributed by atoms with Gasteiger partial charge in [0.2, 0.25) is 0 Å². The zero-order valence-corrected chi connectivity index (χ0v) is 7.61. The molecule has 0 spiro atoms. The Labute approximate surface area is 78.7 Å². The lowest BCUT2D eigenvalue weighted by atomic mass is 10.1. The Morgan fingerprint density at radius 3 is 2.46 bits per heavy atom. The van der Waals surface area contributed by atoms with Crippen LogP contribution >= 0.6 is 0 Å². The zero-order chi connectivity index (χ0) is 9.52. The number of aliphatic hydroxyl groups is 1. The van der Waals surface area contributed by atoms with Gasteiger partial charge in [-0.25, -0.2) is 0 Å². The molecular formula is C11H15NO. The first-order valence-electron chi connectivity index (χ1n) is 4.43. The summed E-state index contributed by atoms with van der Waals surface area (Å²) in [5.74, 6) is 0. The molecule has 0 amide bonds. The zero-order valence-electron chi connectivity index (χ0n) is 7.61. The number of hydrogen-bond acceptors (Lipinski definition) is 2. The van der Waals surface area contributed by atoms with Crippen molar-refractivity contribution in [2.24, 2.45) is 5.73 Å². The van der Waals surface area contributed by atoms with Crippen LogP contribution in [0.1, 0.15) is 11.1 Å². The quantitative estimate of drug-likeness (QED) is 0.725. The first-order valence-corrected chi connectivity index (χ1v) is 4.43. The summed E-state index contributed by atoms with van der Waals surface area (Å²) in [7, 11) is 0. The van der Waals surface area contributed by atoms with Crippen LogP contribution < -0.4 is 5.73 Å². The third-order valence-corrected chi connectivity index (χ3v) is 1.83. The molecule has 1 aromatic carbocycles. The monoisotopic (exact) mass is 177 g/mol. The van der Waals surface area contributed by atoms with Crippen molar-refractivity contribution < 1.29 is 5.11 Å². The fraction of sp³-hybridized carbons (Fsp3) is 0.273. The van der Waals surface area contributed by atoms with Crippen molar-refractivity contribution in [3.63, 3.8) is 0 Å². The standard InChI is InChI=1S/C11H15NO/c12-8-1-2-10-3-5-11(6-4-10)7-9-13/h1-6,13H,7-9,12H2/b2-1+. The molecule has 0 saturated heterocycles. The van der Waals surface area contributed by atoms with Crippen molar-refractivity contribution in [1.82, 2.24) is 0 Å². The topological polar surface area (TPSA) is 46.2 Å². The van der Waals surface area contributed by atoms with Crippen LogP contribution in [0.15, 0.2) is 30.3 Å². The Hall–Kier alpha value is -1.12. The first kappa shape index (κ1) is 9.96. The van der Waals surface area contributed by atoms with E-state index in [0.717, 1.165) is 17.5 Å². The molecule has 0 fully saturated rings. The molecule has 0 saturated carbocycles. The van der Waals surface area contributed by atoms with Crippen molar-refractivity contribution in [3.05, 3.63) is 41.5 Å². The van der Waals surface area contributed by atoms with Gasteiger partial charge in [-0.1, -0.05) is 36.4 Å². The lowest BCUT2D eigenvalue weighted by Crippen LogP contribution is -1.92. The van der Waals surface area contributed by atoms with Gasteiger partial charge in [0.05, 0.1) is 0 Å². The van der Waals surface area contributed by atoms with E-state index in [1.54, 1.807) is 0 Å². The maximum absolute atomic E-state index is 8.70. The van der Waals surface area contributed by atoms with Crippen LogP contribution in [0.4, 0.5) is 0 Å². The van der Waals surface area contributed by atoms with E-state index in [2.05, 4.69) is 0 Å². The van der Waals surface area contributed by atoms with Crippen molar-refractivity contribution in [1.29, 1.82) is 0 Å². The summed E-state index contributed by atoms with van der Waals surface area (Å²) in [5, 5.41) is 8.70. The van der Waals surface area contributed by atoms with Crippen LogP contribution in [0.3, 0.4) is 0 Å². The van der Waals surface area contributed by atoms with Gasteiger partial charge in [-0.15, -0.1) is 0 Å². The Kier molecular flexibility index (Phi) is 4.23. The Balaban J connectivity index is 2.64. The molecule has 2 nitrogen and oxygen atoms in total. The van der Waals surface area contributed by atoms with E-state index < -0.39 is 0 Å². The van der Waals surface area contributed by atoms with Crippen LogP contribution in [0, 0.1) is 0 Å². The van der Waals surface area contributed by atoms with Crippen molar-refractivity contribution in [2.75, 3.05) is 13.2 Å². The highest BCUT2D eigenvalue weighted by Crippen LogP contribution is 2.06. The van der Waals surface area contributed by atoms with Gasteiger partial charge in [0.15, 0.2) is 0 Å². The lowest BCUT2D eigenvalue weighted by Gasteiger charge is -1.98. The minimum atomic E-state index is 0.206. The van der Waals surface area contributed by atoms with Gasteiger partial charge in [0.1, 0.15) is 0 Å². The van der Waals surface area contributed by atoms with Crippen LogP contribution in [0.2, 0.25) is 0 Å². The number of hydrogen-bond donors (Lipinski definition) is 2. The van der Waals surface area contributed by atoms with E-state index in [4.69, 9.17) is 10.8 Å². The molecule has 0 unspecified atom stereocenters. The normalized spacial score (nSPS) is 10.9. The fourth-order valence-corrected chi connectivity index (χ4v) is 1.13. The molecule has 0 radical (unpaired) electrons. The van der Waals surface area contributed by atoms with Gasteiger partial charge in [-0.2, -0.15) is 0 Å². The van der Waals surface area contributed by atoms with Crippen LogP contribution in [-0.2, 0) is 6.42 Å². The fourth-order valence-electron chi connectivity index (χ4n) is 1.13. The molecule has 0 atom stereocenters. The van der Waals surface area contributed by atoms with Crippen LogP contribution in [0.25, 0.3) is 6.08 Å². The van der Waals surface area contributed by atoms with Crippen molar-refractivity contribution in [3.8, 4) is 0 Å². The number of nitrogens with two attached hydrogens (primary N) is 1. The molecule has 70 valence electrons. The summed E-state index contributed by atoms with van der Waals surface area (Å²) in [4.78, 5) is 0. The number of benzene rings is 1. The van der Waals surface area contributed by atoms with E-state index >= 15 is 0 Å². The third-order valence-electron chi connectivity index (χ3n) is 1.83. The highest BCUT2D eigenvalue weighted by molar-refractivity contribution is 5.49. The molecule has 0 aliphatic carbocycles. The maximum Gasteiger partial charge on any atom is 0.0471 e. The van der Waals surface area contributed by atoms with Crippen LogP contribution in [-0.4, -0.2) is 18.3 Å². The van der Waals surface area contributed by atoms with Gasteiger partial charge in [-0.3, -0.25) is 0 Å². The smallest absolute Gasteiger partial charge is 0.0471 e. The Morgan fingerprint density at radius 1 is 1.23 bits per heavy atom. The highest BCUT2D eigenvalue weighted by atomic mass is 16.2. The molecule has 0 aliphatic heterocycles. The Bertz CT molecular complexity index is 264. The minimum absolute atomic E-state index is 0.206. The highest BCUT2D eigenvalue weighted by Gasteiger charge is 1.90. The van der Waals surface area contributed by atoms with E-state index in [0.29, 0.717) is 6.54 Å². The Morgan fingerprint density at radius 2 is 1.92 bits per heavy atom. The molecule has 2 heteroatoms. The van der Waals surface area contributed by atoms with Crippen molar-refractivity contribution >= 4 is 6.08 Å². The summed E-state index contributed by atoms with van der Waals surface area (Å²) in [6, 6.07) is 8.09. The van der Waals surface area contributed by atoms with Gasteiger partial charge in [0.25, 0.3) is 0 Å². The molecule has 0 aliphatic rings. The largest absolute Gasteiger partial charge is 0.396 e. The molecule has 1 aromatic rings. The maximum atomic E-state index is 8.70. The summed E-state index contributed by atoms with van der Waals surface area (Å²) in [6.45, 7) is 0.774. The summed E-state index contributed by atoms with van der Waals surface area (Å²) < 4.78 is 0. The van der Waals surface area contributed by atoms with Crippen molar-refractivity contribution in [2.45, 2.75) is 6.42 Å². The third kappa shape index (κ3) is 3.40. The molecule has 1 rings (SSSR count).